The number of hydrogen-bond acceptors (Lipinski definition) is 1. The van der Waals surface area contributed by atoms with Crippen molar-refractivity contribution in [3.63, 3.8) is 0 Å². The number of carbonyl (C=O) groups excluding carboxylic acids is 1. The Hall–Kier alpha value is -2.15. The molecule has 1 fully saturated rings. The van der Waals surface area contributed by atoms with Crippen LogP contribution in [0.5, 0.6) is 0 Å². The molecule has 1 saturated carbocycles. The van der Waals surface area contributed by atoms with E-state index in [0.29, 0.717) is 5.92 Å². The predicted molar refractivity (Wildman–Crippen MR) is 106 cm³/mol. The monoisotopic (exact) mass is 332 g/mol. The van der Waals surface area contributed by atoms with Crippen molar-refractivity contribution >= 4 is 5.78 Å². The fourth-order valence-electron chi connectivity index (χ4n) is 3.98. The highest BCUT2D eigenvalue weighted by Crippen LogP contribution is 2.36. The molecule has 0 amide bonds. The van der Waals surface area contributed by atoms with Gasteiger partial charge in [-0.05, 0) is 66.4 Å². The van der Waals surface area contributed by atoms with Crippen LogP contribution in [0.3, 0.4) is 0 Å². The molecule has 2 aromatic carbocycles. The largest absolute Gasteiger partial charge is 0.295 e. The van der Waals surface area contributed by atoms with Crippen LogP contribution in [0.2, 0.25) is 0 Å². The van der Waals surface area contributed by atoms with E-state index in [4.69, 9.17) is 0 Å². The normalized spacial score (nSPS) is 20.2. The van der Waals surface area contributed by atoms with E-state index in [1.807, 2.05) is 0 Å². The van der Waals surface area contributed by atoms with Gasteiger partial charge in [0.25, 0.3) is 0 Å². The Morgan fingerprint density at radius 2 is 1.52 bits per heavy atom. The molecule has 0 bridgehead atoms. The Kier molecular flexibility index (Phi) is 5.86. The fourth-order valence-corrected chi connectivity index (χ4v) is 3.98. The first-order chi connectivity index (χ1) is 12.2. The van der Waals surface area contributed by atoms with Crippen molar-refractivity contribution in [3.8, 4) is 11.1 Å². The minimum atomic E-state index is 0.203. The second kappa shape index (κ2) is 8.29. The first-order valence-corrected chi connectivity index (χ1v) is 9.56. The van der Waals surface area contributed by atoms with E-state index in [9.17, 15) is 4.79 Å². The van der Waals surface area contributed by atoms with Crippen LogP contribution in [0.25, 0.3) is 11.1 Å². The lowest BCUT2D eigenvalue weighted by molar-refractivity contribution is -0.119. The van der Waals surface area contributed by atoms with Crippen LogP contribution >= 0.6 is 0 Å². The highest BCUT2D eigenvalue weighted by atomic mass is 16.1. The molecule has 0 unspecified atom stereocenters. The molecule has 1 aliphatic rings. The average Bonchev–Trinajstić information content (AvgIpc) is 2.68. The SMILES string of the molecule is C=CC(=O)C1CCC(c2ccc(-c3ccc(CCC)cc3)cc2)CC1. The molecule has 1 nitrogen and oxygen atoms in total. The van der Waals surface area contributed by atoms with E-state index in [-0.39, 0.29) is 11.7 Å². The summed E-state index contributed by atoms with van der Waals surface area (Å²) in [7, 11) is 0. The van der Waals surface area contributed by atoms with Crippen LogP contribution in [0.4, 0.5) is 0 Å². The zero-order valence-electron chi connectivity index (χ0n) is 15.2. The lowest BCUT2D eigenvalue weighted by Gasteiger charge is -2.27. The Balaban J connectivity index is 1.64. The van der Waals surface area contributed by atoms with Crippen molar-refractivity contribution in [1.29, 1.82) is 0 Å². The molecule has 0 spiro atoms. The van der Waals surface area contributed by atoms with Crippen LogP contribution in [-0.4, -0.2) is 5.78 Å². The van der Waals surface area contributed by atoms with Gasteiger partial charge in [-0.1, -0.05) is 68.5 Å². The average molecular weight is 332 g/mol. The molecule has 0 N–H and O–H groups in total. The van der Waals surface area contributed by atoms with E-state index >= 15 is 0 Å². The zero-order valence-corrected chi connectivity index (χ0v) is 15.2. The summed E-state index contributed by atoms with van der Waals surface area (Å²) in [5.74, 6) is 1.02. The summed E-state index contributed by atoms with van der Waals surface area (Å²) in [6.45, 7) is 5.83. The van der Waals surface area contributed by atoms with Gasteiger partial charge in [0.2, 0.25) is 0 Å². The molecule has 0 atom stereocenters. The highest BCUT2D eigenvalue weighted by molar-refractivity contribution is 5.91. The van der Waals surface area contributed by atoms with E-state index in [0.717, 1.165) is 32.1 Å². The Bertz CT molecular complexity index is 701. The van der Waals surface area contributed by atoms with Crippen molar-refractivity contribution in [2.75, 3.05) is 0 Å². The zero-order chi connectivity index (χ0) is 17.6. The van der Waals surface area contributed by atoms with E-state index in [1.54, 1.807) is 0 Å². The molecular formula is C24H28O. The molecule has 0 aliphatic heterocycles. The summed E-state index contributed by atoms with van der Waals surface area (Å²) in [5.41, 5.74) is 5.39. The van der Waals surface area contributed by atoms with Gasteiger partial charge in [-0.25, -0.2) is 0 Å². The fraction of sp³-hybridized carbons (Fsp3) is 0.375. The minimum absolute atomic E-state index is 0.203. The molecule has 130 valence electrons. The Morgan fingerprint density at radius 3 is 2.04 bits per heavy atom. The van der Waals surface area contributed by atoms with E-state index < -0.39 is 0 Å². The van der Waals surface area contributed by atoms with Crippen LogP contribution < -0.4 is 0 Å². The molecule has 0 aromatic heterocycles. The van der Waals surface area contributed by atoms with Crippen molar-refractivity contribution in [3.05, 3.63) is 72.3 Å². The molecule has 0 radical (unpaired) electrons. The van der Waals surface area contributed by atoms with Crippen LogP contribution in [0, 0.1) is 5.92 Å². The minimum Gasteiger partial charge on any atom is -0.295 e. The summed E-state index contributed by atoms with van der Waals surface area (Å²) < 4.78 is 0. The van der Waals surface area contributed by atoms with Gasteiger partial charge >= 0.3 is 0 Å². The molecule has 1 aliphatic carbocycles. The Labute approximate surface area is 151 Å². The number of aryl methyl sites for hydroxylation is 1. The van der Waals surface area contributed by atoms with Gasteiger partial charge in [-0.3, -0.25) is 4.79 Å². The van der Waals surface area contributed by atoms with E-state index in [1.165, 1.54) is 34.8 Å². The summed E-state index contributed by atoms with van der Waals surface area (Å²) >= 11 is 0. The number of carbonyl (C=O) groups is 1. The van der Waals surface area contributed by atoms with Gasteiger partial charge in [0, 0.05) is 5.92 Å². The maximum Gasteiger partial charge on any atom is 0.158 e. The topological polar surface area (TPSA) is 17.1 Å². The lowest BCUT2D eigenvalue weighted by Crippen LogP contribution is -2.19. The van der Waals surface area contributed by atoms with Gasteiger partial charge in [-0.15, -0.1) is 0 Å². The third-order valence-electron chi connectivity index (χ3n) is 5.54. The molecule has 0 saturated heterocycles. The van der Waals surface area contributed by atoms with Crippen molar-refractivity contribution < 1.29 is 4.79 Å². The number of hydrogen-bond donors (Lipinski definition) is 0. The number of rotatable bonds is 6. The second-order valence-corrected chi connectivity index (χ2v) is 7.22. The van der Waals surface area contributed by atoms with E-state index in [2.05, 4.69) is 62.0 Å². The van der Waals surface area contributed by atoms with Gasteiger partial charge in [0.1, 0.15) is 0 Å². The first kappa shape index (κ1) is 17.7. The molecule has 0 heterocycles. The first-order valence-electron chi connectivity index (χ1n) is 9.56. The van der Waals surface area contributed by atoms with Gasteiger partial charge in [-0.2, -0.15) is 0 Å². The smallest absolute Gasteiger partial charge is 0.158 e. The number of ketones is 1. The highest BCUT2D eigenvalue weighted by Gasteiger charge is 2.25. The third-order valence-corrected chi connectivity index (χ3v) is 5.54. The predicted octanol–water partition coefficient (Wildman–Crippen LogP) is 6.34. The standard InChI is InChI=1S/C24H28O/c1-3-5-18-6-8-19(9-7-18)20-10-12-21(13-11-20)22-14-16-23(17-15-22)24(25)4-2/h4,6-13,22-23H,2-3,5,14-17H2,1H3. The maximum atomic E-state index is 11.8. The third kappa shape index (κ3) is 4.28. The summed E-state index contributed by atoms with van der Waals surface area (Å²) in [5, 5.41) is 0. The Morgan fingerprint density at radius 1 is 0.960 bits per heavy atom. The number of benzene rings is 2. The second-order valence-electron chi connectivity index (χ2n) is 7.22. The molecule has 25 heavy (non-hydrogen) atoms. The summed E-state index contributed by atoms with van der Waals surface area (Å²) in [6.07, 6.45) is 8.04. The summed E-state index contributed by atoms with van der Waals surface area (Å²) in [6, 6.07) is 18.0. The van der Waals surface area contributed by atoms with Gasteiger partial charge < -0.3 is 0 Å². The van der Waals surface area contributed by atoms with Gasteiger partial charge in [0.05, 0.1) is 0 Å². The quantitative estimate of drug-likeness (QED) is 0.564. The number of allylic oxidation sites excluding steroid dienone is 1. The lowest BCUT2D eigenvalue weighted by atomic mass is 9.77. The molecule has 3 rings (SSSR count). The van der Waals surface area contributed by atoms with Crippen molar-refractivity contribution in [1.82, 2.24) is 0 Å². The summed E-state index contributed by atoms with van der Waals surface area (Å²) in [4.78, 5) is 11.8. The molecule has 1 heteroatoms. The molecule has 2 aromatic rings. The van der Waals surface area contributed by atoms with Crippen LogP contribution in [-0.2, 0) is 11.2 Å². The van der Waals surface area contributed by atoms with Crippen LogP contribution in [0.1, 0.15) is 56.1 Å². The van der Waals surface area contributed by atoms with Crippen molar-refractivity contribution in [2.45, 2.75) is 51.4 Å². The van der Waals surface area contributed by atoms with Crippen molar-refractivity contribution in [2.24, 2.45) is 5.92 Å². The van der Waals surface area contributed by atoms with Crippen LogP contribution in [0.15, 0.2) is 61.2 Å². The molecular weight excluding hydrogens is 304 g/mol. The van der Waals surface area contributed by atoms with Gasteiger partial charge in [0.15, 0.2) is 5.78 Å². The maximum absolute atomic E-state index is 11.8.